The minimum absolute atomic E-state index is 0.0243. The van der Waals surface area contributed by atoms with Crippen LogP contribution in [0, 0.1) is 12.8 Å². The number of aromatic nitrogens is 2. The third kappa shape index (κ3) is 3.05. The number of anilines is 1. The Morgan fingerprint density at radius 2 is 2.12 bits per heavy atom. The molecule has 1 amide bonds. The van der Waals surface area contributed by atoms with Gasteiger partial charge >= 0.3 is 0 Å². The number of nitrogens with one attached hydrogen (secondary N) is 1. The summed E-state index contributed by atoms with van der Waals surface area (Å²) in [5.74, 6) is 1.01. The number of hydrogen-bond donors (Lipinski definition) is 1. The average molecular weight is 367 g/mol. The summed E-state index contributed by atoms with van der Waals surface area (Å²) in [7, 11) is 0. The number of aryl methyl sites for hydroxylation is 2. The molecule has 3 aromatic rings. The zero-order valence-corrected chi connectivity index (χ0v) is 15.7. The third-order valence-corrected chi connectivity index (χ3v) is 6.11. The summed E-state index contributed by atoms with van der Waals surface area (Å²) in [5.41, 5.74) is 1.78. The van der Waals surface area contributed by atoms with E-state index < -0.39 is 0 Å². The monoisotopic (exact) mass is 367 g/mol. The number of carbonyl (C=O) groups is 1. The van der Waals surface area contributed by atoms with Gasteiger partial charge in [-0.1, -0.05) is 25.1 Å². The van der Waals surface area contributed by atoms with Gasteiger partial charge in [0.2, 0.25) is 5.91 Å². The van der Waals surface area contributed by atoms with Crippen molar-refractivity contribution in [2.45, 2.75) is 39.7 Å². The van der Waals surface area contributed by atoms with Crippen LogP contribution in [0.25, 0.3) is 10.2 Å². The van der Waals surface area contributed by atoms with Crippen molar-refractivity contribution >= 4 is 33.1 Å². The van der Waals surface area contributed by atoms with Crippen LogP contribution >= 0.6 is 11.3 Å². The standard InChI is InChI=1S/C20H21N3O2S/c1-12-8-9-15-16(10-12)26-19-18(15)20(25)23(13(2)21-19)11-17(24)22-14-6-4-3-5-7-14/h3-7,12H,8-11H2,1-2H3,(H,22,24). The fourth-order valence-corrected chi connectivity index (χ4v) is 5.00. The Morgan fingerprint density at radius 1 is 1.35 bits per heavy atom. The molecule has 0 fully saturated rings. The molecule has 0 spiro atoms. The van der Waals surface area contributed by atoms with E-state index in [4.69, 9.17) is 0 Å². The molecule has 0 saturated heterocycles. The van der Waals surface area contributed by atoms with Crippen LogP contribution in [0.15, 0.2) is 35.1 Å². The Morgan fingerprint density at radius 3 is 2.88 bits per heavy atom. The number of hydrogen-bond acceptors (Lipinski definition) is 4. The quantitative estimate of drug-likeness (QED) is 0.770. The lowest BCUT2D eigenvalue weighted by Gasteiger charge is -2.17. The molecule has 134 valence electrons. The van der Waals surface area contributed by atoms with E-state index in [0.29, 0.717) is 11.7 Å². The molecule has 0 aliphatic heterocycles. The maximum atomic E-state index is 13.1. The van der Waals surface area contributed by atoms with Gasteiger partial charge in [-0.25, -0.2) is 4.98 Å². The molecule has 2 aromatic heterocycles. The van der Waals surface area contributed by atoms with E-state index in [9.17, 15) is 9.59 Å². The highest BCUT2D eigenvalue weighted by Crippen LogP contribution is 2.35. The number of rotatable bonds is 3. The van der Waals surface area contributed by atoms with Crippen LogP contribution in [0.5, 0.6) is 0 Å². The van der Waals surface area contributed by atoms with Crippen LogP contribution in [0.4, 0.5) is 5.69 Å². The molecule has 26 heavy (non-hydrogen) atoms. The van der Waals surface area contributed by atoms with Crippen LogP contribution in [0.2, 0.25) is 0 Å². The van der Waals surface area contributed by atoms with Gasteiger partial charge in [-0.2, -0.15) is 0 Å². The molecular formula is C20H21N3O2S. The number of benzene rings is 1. The second-order valence-electron chi connectivity index (χ2n) is 7.00. The molecule has 1 aromatic carbocycles. The van der Waals surface area contributed by atoms with Gasteiger partial charge in [0, 0.05) is 10.6 Å². The molecular weight excluding hydrogens is 346 g/mol. The molecule has 2 heterocycles. The summed E-state index contributed by atoms with van der Waals surface area (Å²) in [6, 6.07) is 9.26. The Labute approximate surface area is 155 Å². The Balaban J connectivity index is 1.69. The van der Waals surface area contributed by atoms with Crippen molar-refractivity contribution in [2.75, 3.05) is 5.32 Å². The smallest absolute Gasteiger partial charge is 0.263 e. The lowest BCUT2D eigenvalue weighted by molar-refractivity contribution is -0.116. The fraction of sp³-hybridized carbons (Fsp3) is 0.350. The van der Waals surface area contributed by atoms with Crippen LogP contribution in [0.1, 0.15) is 29.6 Å². The zero-order valence-electron chi connectivity index (χ0n) is 14.9. The summed E-state index contributed by atoms with van der Waals surface area (Å²) in [6.07, 6.45) is 3.04. The minimum atomic E-state index is -0.222. The highest BCUT2D eigenvalue weighted by molar-refractivity contribution is 7.18. The first-order valence-electron chi connectivity index (χ1n) is 8.89. The first-order chi connectivity index (χ1) is 12.5. The lowest BCUT2D eigenvalue weighted by atomic mass is 9.89. The molecule has 1 aliphatic rings. The molecule has 5 nitrogen and oxygen atoms in total. The van der Waals surface area contributed by atoms with Crippen LogP contribution < -0.4 is 10.9 Å². The number of fused-ring (bicyclic) bond motifs is 3. The van der Waals surface area contributed by atoms with E-state index in [1.54, 1.807) is 18.3 Å². The van der Waals surface area contributed by atoms with E-state index in [1.807, 2.05) is 30.3 Å². The van der Waals surface area contributed by atoms with E-state index in [2.05, 4.69) is 17.2 Å². The molecule has 0 radical (unpaired) electrons. The van der Waals surface area contributed by atoms with Gasteiger partial charge in [0.25, 0.3) is 5.56 Å². The Bertz CT molecular complexity index is 1040. The molecule has 1 unspecified atom stereocenters. The van der Waals surface area contributed by atoms with Crippen molar-refractivity contribution in [1.82, 2.24) is 9.55 Å². The summed E-state index contributed by atoms with van der Waals surface area (Å²) in [6.45, 7) is 4.01. The average Bonchev–Trinajstić information content (AvgIpc) is 2.96. The van der Waals surface area contributed by atoms with Gasteiger partial charge in [-0.3, -0.25) is 14.2 Å². The number of carbonyl (C=O) groups excluding carboxylic acids is 1. The van der Waals surface area contributed by atoms with Gasteiger partial charge in [0.05, 0.1) is 5.39 Å². The second-order valence-corrected chi connectivity index (χ2v) is 8.08. The Kier molecular flexibility index (Phi) is 4.36. The van der Waals surface area contributed by atoms with Crippen molar-refractivity contribution in [2.24, 2.45) is 5.92 Å². The van der Waals surface area contributed by atoms with E-state index >= 15 is 0 Å². The number of amides is 1. The third-order valence-electron chi connectivity index (χ3n) is 4.97. The number of thiophene rings is 1. The molecule has 4 rings (SSSR count). The van der Waals surface area contributed by atoms with E-state index in [0.717, 1.165) is 40.7 Å². The Hall–Kier alpha value is -2.47. The van der Waals surface area contributed by atoms with Gasteiger partial charge in [-0.15, -0.1) is 11.3 Å². The van der Waals surface area contributed by atoms with Crippen LogP contribution in [0.3, 0.4) is 0 Å². The van der Waals surface area contributed by atoms with Gasteiger partial charge in [-0.05, 0) is 49.8 Å². The molecule has 1 N–H and O–H groups in total. The fourth-order valence-electron chi connectivity index (χ4n) is 3.58. The number of para-hydroxylation sites is 1. The van der Waals surface area contributed by atoms with E-state index in [-0.39, 0.29) is 18.0 Å². The number of nitrogens with zero attached hydrogens (tertiary/aromatic N) is 2. The summed E-state index contributed by atoms with van der Waals surface area (Å²) in [5, 5.41) is 3.55. The second kappa shape index (κ2) is 6.68. The zero-order chi connectivity index (χ0) is 18.3. The predicted octanol–water partition coefficient (Wildman–Crippen LogP) is 3.53. The molecule has 0 bridgehead atoms. The maximum absolute atomic E-state index is 13.1. The van der Waals surface area contributed by atoms with Crippen molar-refractivity contribution in [1.29, 1.82) is 0 Å². The lowest BCUT2D eigenvalue weighted by Crippen LogP contribution is -2.30. The first kappa shape index (κ1) is 17.0. The summed E-state index contributed by atoms with van der Waals surface area (Å²) in [4.78, 5) is 32.2. The van der Waals surface area contributed by atoms with Crippen molar-refractivity contribution in [3.63, 3.8) is 0 Å². The summed E-state index contributed by atoms with van der Waals surface area (Å²) >= 11 is 1.64. The van der Waals surface area contributed by atoms with Crippen LogP contribution in [-0.4, -0.2) is 15.5 Å². The predicted molar refractivity (Wildman–Crippen MR) is 105 cm³/mol. The molecule has 1 aliphatic carbocycles. The topological polar surface area (TPSA) is 64.0 Å². The highest BCUT2D eigenvalue weighted by atomic mass is 32.1. The van der Waals surface area contributed by atoms with Gasteiger partial charge in [0.15, 0.2) is 0 Å². The molecule has 1 atom stereocenters. The van der Waals surface area contributed by atoms with E-state index in [1.165, 1.54) is 9.44 Å². The van der Waals surface area contributed by atoms with Crippen molar-refractivity contribution < 1.29 is 4.79 Å². The van der Waals surface area contributed by atoms with Crippen molar-refractivity contribution in [3.8, 4) is 0 Å². The SMILES string of the molecule is Cc1nc2sc3c(c2c(=O)n1CC(=O)Nc1ccccc1)CCC(C)C3. The minimum Gasteiger partial charge on any atom is -0.325 e. The first-order valence-corrected chi connectivity index (χ1v) is 9.71. The van der Waals surface area contributed by atoms with Gasteiger partial charge in [0.1, 0.15) is 17.2 Å². The summed E-state index contributed by atoms with van der Waals surface area (Å²) < 4.78 is 1.49. The molecule has 0 saturated carbocycles. The maximum Gasteiger partial charge on any atom is 0.263 e. The largest absolute Gasteiger partial charge is 0.325 e. The van der Waals surface area contributed by atoms with Gasteiger partial charge < -0.3 is 5.32 Å². The van der Waals surface area contributed by atoms with Crippen molar-refractivity contribution in [3.05, 3.63) is 57.0 Å². The normalized spacial score (nSPS) is 16.5. The van der Waals surface area contributed by atoms with Crippen LogP contribution in [-0.2, 0) is 24.2 Å². The highest BCUT2D eigenvalue weighted by Gasteiger charge is 2.24. The molecule has 6 heteroatoms.